The highest BCUT2D eigenvalue weighted by molar-refractivity contribution is 7.98. The van der Waals surface area contributed by atoms with Crippen LogP contribution < -0.4 is 16.4 Å². The molecule has 6 rings (SSSR count). The number of terminal acetylenes is 1. The predicted molar refractivity (Wildman–Crippen MR) is 134 cm³/mol. The molecular weight excluding hydrogens is 448 g/mol. The minimum Gasteiger partial charge on any atom is -0.310 e. The molecule has 8 nitrogen and oxygen atoms in total. The molecule has 1 N–H and O–H groups in total. The molecule has 0 bridgehead atoms. The van der Waals surface area contributed by atoms with E-state index in [1.807, 2.05) is 22.8 Å². The van der Waals surface area contributed by atoms with Gasteiger partial charge in [0, 0.05) is 55.0 Å². The fourth-order valence-corrected chi connectivity index (χ4v) is 6.66. The van der Waals surface area contributed by atoms with E-state index >= 15 is 0 Å². The van der Waals surface area contributed by atoms with Crippen LogP contribution in [0.1, 0.15) is 25.7 Å². The molecule has 2 aromatic heterocycles. The molecule has 2 unspecified atom stereocenters. The number of likely N-dealkylation sites (tertiary alicyclic amines) is 1. The fraction of sp³-hybridized carbons (Fsp3) is 0.520. The van der Waals surface area contributed by atoms with E-state index in [0.29, 0.717) is 18.6 Å². The van der Waals surface area contributed by atoms with Gasteiger partial charge in [0.1, 0.15) is 5.65 Å². The second-order valence-corrected chi connectivity index (χ2v) is 10.6. The van der Waals surface area contributed by atoms with Crippen LogP contribution in [0.5, 0.6) is 0 Å². The summed E-state index contributed by atoms with van der Waals surface area (Å²) >= 11 is 1.51. The first kappa shape index (κ1) is 21.8. The molecule has 1 spiro atoms. The van der Waals surface area contributed by atoms with Crippen molar-refractivity contribution in [3.05, 3.63) is 56.6 Å². The van der Waals surface area contributed by atoms with E-state index in [2.05, 4.69) is 25.8 Å². The maximum absolute atomic E-state index is 12.9. The Morgan fingerprint density at radius 3 is 2.76 bits per heavy atom. The summed E-state index contributed by atoms with van der Waals surface area (Å²) in [5, 5.41) is 8.92. The maximum Gasteiger partial charge on any atom is 0.252 e. The van der Waals surface area contributed by atoms with Gasteiger partial charge in [0.2, 0.25) is 0 Å². The molecule has 2 fully saturated rings. The van der Waals surface area contributed by atoms with Gasteiger partial charge in [0.05, 0.1) is 18.1 Å². The van der Waals surface area contributed by atoms with Gasteiger partial charge >= 0.3 is 0 Å². The molecule has 4 aliphatic rings. The average Bonchev–Trinajstić information content (AvgIpc) is 3.15. The summed E-state index contributed by atoms with van der Waals surface area (Å²) in [7, 11) is 0. The zero-order chi connectivity index (χ0) is 23.3. The van der Waals surface area contributed by atoms with Crippen molar-refractivity contribution in [1.29, 1.82) is 0 Å². The highest BCUT2D eigenvalue weighted by Gasteiger charge is 2.62. The Bertz CT molecular complexity index is 1340. The number of fused-ring (bicyclic) bond motifs is 1. The van der Waals surface area contributed by atoms with Crippen LogP contribution in [0.2, 0.25) is 0 Å². The number of nitrogens with zero attached hydrogens (tertiary/aromatic N) is 5. The lowest BCUT2D eigenvalue weighted by molar-refractivity contribution is 0.167. The maximum atomic E-state index is 12.9. The van der Waals surface area contributed by atoms with Crippen LogP contribution in [0.15, 0.2) is 55.1 Å². The summed E-state index contributed by atoms with van der Waals surface area (Å²) in [5.74, 6) is 3.60. The van der Waals surface area contributed by atoms with E-state index in [-0.39, 0.29) is 22.7 Å². The predicted octanol–water partition coefficient (Wildman–Crippen LogP) is 2.13. The Hall–Kier alpha value is -2.67. The standard InChI is InChI=1S/C25H28N6O2S/c1-2-3-17(12-20-15-34-28-27-20)14-26-19-8-10-29(11-9-19)21-13-25(21)16-30-22(32)6-4-18-5-7-23(33)31(25)24(18)30/h1,3-7,19-21,26H,8-16H2/b17-3+/t20?,21-,25?/m0/s1. The lowest BCUT2D eigenvalue weighted by Crippen LogP contribution is -2.46. The van der Waals surface area contributed by atoms with Gasteiger partial charge in [-0.3, -0.25) is 23.6 Å². The van der Waals surface area contributed by atoms with Crippen molar-refractivity contribution >= 4 is 23.0 Å². The average molecular weight is 477 g/mol. The van der Waals surface area contributed by atoms with Gasteiger partial charge in [0.25, 0.3) is 11.1 Å². The quantitative estimate of drug-likeness (QED) is 0.510. The van der Waals surface area contributed by atoms with Crippen LogP contribution in [0, 0.1) is 12.3 Å². The summed E-state index contributed by atoms with van der Waals surface area (Å²) in [5.41, 5.74) is 1.69. The van der Waals surface area contributed by atoms with Gasteiger partial charge in [-0.15, -0.1) is 10.9 Å². The molecule has 34 heavy (non-hydrogen) atoms. The molecule has 5 heterocycles. The summed E-state index contributed by atoms with van der Waals surface area (Å²) < 4.78 is 7.73. The largest absolute Gasteiger partial charge is 0.310 e. The van der Waals surface area contributed by atoms with E-state index in [0.717, 1.165) is 62.1 Å². The molecular formula is C25H28N6O2S. The van der Waals surface area contributed by atoms with Gasteiger partial charge in [0.15, 0.2) is 0 Å². The van der Waals surface area contributed by atoms with E-state index in [1.54, 1.807) is 16.7 Å². The van der Waals surface area contributed by atoms with Crippen LogP contribution in [-0.2, 0) is 12.1 Å². The van der Waals surface area contributed by atoms with Crippen molar-refractivity contribution in [2.45, 2.75) is 55.9 Å². The SMILES string of the molecule is C#C/C=C(/CNC1CCN([C@H]2CC23Cn2c(=O)ccc4ccc(=O)n3c42)CC1)CC1CSN=N1. The number of pyridine rings is 2. The summed E-state index contributed by atoms with van der Waals surface area (Å²) in [6.45, 7) is 3.36. The zero-order valence-electron chi connectivity index (χ0n) is 19.0. The number of piperidine rings is 1. The molecule has 3 aliphatic heterocycles. The zero-order valence-corrected chi connectivity index (χ0v) is 19.8. The second kappa shape index (κ2) is 8.52. The highest BCUT2D eigenvalue weighted by atomic mass is 32.2. The smallest absolute Gasteiger partial charge is 0.252 e. The first-order valence-electron chi connectivity index (χ1n) is 12.0. The van der Waals surface area contributed by atoms with E-state index in [4.69, 9.17) is 6.42 Å². The van der Waals surface area contributed by atoms with Crippen LogP contribution in [0.3, 0.4) is 0 Å². The molecule has 0 radical (unpaired) electrons. The molecule has 0 amide bonds. The topological polar surface area (TPSA) is 84.0 Å². The lowest BCUT2D eigenvalue weighted by atomic mass is 10.0. The van der Waals surface area contributed by atoms with Crippen molar-refractivity contribution < 1.29 is 0 Å². The third kappa shape index (κ3) is 3.65. The van der Waals surface area contributed by atoms with Gasteiger partial charge in [-0.2, -0.15) is 5.11 Å². The van der Waals surface area contributed by atoms with Gasteiger partial charge in [-0.05, 0) is 61.4 Å². The van der Waals surface area contributed by atoms with Gasteiger partial charge in [-0.25, -0.2) is 0 Å². The van der Waals surface area contributed by atoms with Crippen LogP contribution >= 0.6 is 11.9 Å². The highest BCUT2D eigenvalue weighted by Crippen LogP contribution is 2.52. The monoisotopic (exact) mass is 476 g/mol. The Balaban J connectivity index is 1.09. The van der Waals surface area contributed by atoms with E-state index in [9.17, 15) is 9.59 Å². The summed E-state index contributed by atoms with van der Waals surface area (Å²) in [6, 6.07) is 7.89. The second-order valence-electron chi connectivity index (χ2n) is 9.88. The normalized spacial score (nSPS) is 28.7. The number of hydrogen-bond acceptors (Lipinski definition) is 7. The molecule has 9 heteroatoms. The van der Waals surface area contributed by atoms with Gasteiger partial charge in [-0.1, -0.05) is 5.92 Å². The molecule has 0 aromatic carbocycles. The minimum absolute atomic E-state index is 0.00331. The molecule has 2 aromatic rings. The van der Waals surface area contributed by atoms with Crippen molar-refractivity contribution in [3.63, 3.8) is 0 Å². The number of nitrogens with one attached hydrogen (secondary N) is 1. The molecule has 1 aliphatic carbocycles. The molecule has 1 saturated carbocycles. The number of rotatable bonds is 6. The molecule has 3 atom stereocenters. The number of hydrogen-bond donors (Lipinski definition) is 1. The third-order valence-corrected chi connectivity index (χ3v) is 8.56. The Kier molecular flexibility index (Phi) is 5.47. The Morgan fingerprint density at radius 1 is 1.24 bits per heavy atom. The van der Waals surface area contributed by atoms with E-state index < -0.39 is 0 Å². The summed E-state index contributed by atoms with van der Waals surface area (Å²) in [6.07, 6.45) is 11.3. The van der Waals surface area contributed by atoms with Crippen LogP contribution in [0.25, 0.3) is 11.0 Å². The number of allylic oxidation sites excluding steroid dienone is 1. The first-order valence-corrected chi connectivity index (χ1v) is 12.9. The first-order chi connectivity index (χ1) is 16.6. The van der Waals surface area contributed by atoms with Crippen molar-refractivity contribution in [3.8, 4) is 12.3 Å². The molecule has 176 valence electrons. The van der Waals surface area contributed by atoms with Crippen LogP contribution in [0.4, 0.5) is 0 Å². The van der Waals surface area contributed by atoms with Crippen molar-refractivity contribution in [2.24, 2.45) is 9.63 Å². The fourth-order valence-electron chi connectivity index (χ4n) is 6.03. The van der Waals surface area contributed by atoms with Gasteiger partial charge < -0.3 is 5.32 Å². The Morgan fingerprint density at radius 2 is 2.03 bits per heavy atom. The van der Waals surface area contributed by atoms with E-state index in [1.165, 1.54) is 17.5 Å². The lowest BCUT2D eigenvalue weighted by Gasteiger charge is -2.34. The van der Waals surface area contributed by atoms with Crippen molar-refractivity contribution in [2.75, 3.05) is 25.4 Å². The van der Waals surface area contributed by atoms with Crippen LogP contribution in [-0.4, -0.2) is 57.5 Å². The Labute approximate surface area is 202 Å². The number of aromatic nitrogens is 2. The summed E-state index contributed by atoms with van der Waals surface area (Å²) in [4.78, 5) is 27.9. The minimum atomic E-state index is -0.277. The third-order valence-electron chi connectivity index (χ3n) is 7.82. The molecule has 1 saturated heterocycles. The van der Waals surface area contributed by atoms with Crippen molar-refractivity contribution in [1.82, 2.24) is 19.4 Å².